The van der Waals surface area contributed by atoms with Gasteiger partial charge in [-0.05, 0) is 43.3 Å². The number of fused-ring (bicyclic) bond motifs is 1. The summed E-state index contributed by atoms with van der Waals surface area (Å²) in [7, 11) is 0. The van der Waals surface area contributed by atoms with Crippen LogP contribution in [0.15, 0.2) is 57.7 Å². The molecule has 0 aliphatic carbocycles. The number of hydrogen-bond acceptors (Lipinski definition) is 5. The van der Waals surface area contributed by atoms with Crippen LogP contribution in [0.4, 0.5) is 18.9 Å². The zero-order valence-corrected chi connectivity index (χ0v) is 17.9. The third kappa shape index (κ3) is 4.50. The number of nitrogens with one attached hydrogen (secondary N) is 1. The summed E-state index contributed by atoms with van der Waals surface area (Å²) in [5.74, 6) is -0.160. The Kier molecular flexibility index (Phi) is 5.52. The average molecular weight is 456 g/mol. The van der Waals surface area contributed by atoms with E-state index < -0.39 is 28.8 Å². The van der Waals surface area contributed by atoms with Gasteiger partial charge in [-0.1, -0.05) is 19.9 Å². The maximum Gasteiger partial charge on any atom is 0.416 e. The Hall–Kier alpha value is -3.95. The number of amides is 1. The Bertz CT molecular complexity index is 1420. The van der Waals surface area contributed by atoms with E-state index in [0.29, 0.717) is 22.7 Å². The number of hydrogen-bond donors (Lipinski definition) is 1. The second-order valence-corrected chi connectivity index (χ2v) is 7.80. The van der Waals surface area contributed by atoms with Crippen molar-refractivity contribution in [3.05, 3.63) is 81.6 Å². The lowest BCUT2D eigenvalue weighted by Gasteiger charge is -2.13. The van der Waals surface area contributed by atoms with Gasteiger partial charge in [0.2, 0.25) is 5.43 Å². The first-order chi connectivity index (χ1) is 15.5. The maximum absolute atomic E-state index is 13.1. The highest BCUT2D eigenvalue weighted by atomic mass is 19.4. The molecule has 1 N–H and O–H groups in total. The molecule has 7 nitrogen and oxygen atoms in total. The van der Waals surface area contributed by atoms with Gasteiger partial charge in [-0.25, -0.2) is 9.67 Å². The molecule has 0 fully saturated rings. The van der Waals surface area contributed by atoms with Gasteiger partial charge in [-0.15, -0.1) is 0 Å². The molecule has 2 aromatic carbocycles. The second kappa shape index (κ2) is 8.19. The van der Waals surface area contributed by atoms with Crippen molar-refractivity contribution in [3.63, 3.8) is 0 Å². The summed E-state index contributed by atoms with van der Waals surface area (Å²) in [6.07, 6.45) is -4.54. The number of anilines is 1. The summed E-state index contributed by atoms with van der Waals surface area (Å²) in [4.78, 5) is 29.6. The summed E-state index contributed by atoms with van der Waals surface area (Å²) < 4.78 is 46.1. The lowest BCUT2D eigenvalue weighted by molar-refractivity contribution is -0.137. The van der Waals surface area contributed by atoms with Crippen LogP contribution in [0.1, 0.15) is 47.4 Å². The Labute approximate surface area is 185 Å². The molecule has 33 heavy (non-hydrogen) atoms. The van der Waals surface area contributed by atoms with Gasteiger partial charge in [-0.3, -0.25) is 9.59 Å². The van der Waals surface area contributed by atoms with E-state index in [4.69, 9.17) is 4.42 Å². The normalized spacial score (nSPS) is 11.8. The van der Waals surface area contributed by atoms with Gasteiger partial charge in [0.05, 0.1) is 11.3 Å². The fraction of sp³-hybridized carbons (Fsp3) is 0.217. The minimum atomic E-state index is -4.54. The molecule has 0 unspecified atom stereocenters. The van der Waals surface area contributed by atoms with E-state index >= 15 is 0 Å². The summed E-state index contributed by atoms with van der Waals surface area (Å²) >= 11 is 0. The standard InChI is InChI=1S/C23H19F3N4O3/c1-12(2)22-28-17-11-15(7-8-19(17)33-22)27-21(32)20-18(31)9-13(3)30(29-20)16-6-4-5-14(10-16)23(24,25)26/h4-12H,1-3H3,(H,27,32). The Morgan fingerprint density at radius 3 is 2.58 bits per heavy atom. The second-order valence-electron chi connectivity index (χ2n) is 7.80. The van der Waals surface area contributed by atoms with Gasteiger partial charge in [-0.2, -0.15) is 18.3 Å². The number of nitrogens with zero attached hydrogens (tertiary/aromatic N) is 3. The maximum atomic E-state index is 13.1. The van der Waals surface area contributed by atoms with Crippen molar-refractivity contribution in [2.45, 2.75) is 32.9 Å². The third-order valence-electron chi connectivity index (χ3n) is 4.90. The van der Waals surface area contributed by atoms with Gasteiger partial charge in [0.15, 0.2) is 17.2 Å². The fourth-order valence-corrected chi connectivity index (χ4v) is 3.24. The van der Waals surface area contributed by atoms with Crippen molar-refractivity contribution >= 4 is 22.7 Å². The zero-order chi connectivity index (χ0) is 23.9. The average Bonchev–Trinajstić information content (AvgIpc) is 3.17. The molecule has 2 aromatic heterocycles. The number of halogens is 3. The first-order valence-corrected chi connectivity index (χ1v) is 10.0. The SMILES string of the molecule is Cc1cc(=O)c(C(=O)Nc2ccc3oc(C(C)C)nc3c2)nn1-c1cccc(C(F)(F)F)c1. The minimum Gasteiger partial charge on any atom is -0.440 e. The van der Waals surface area contributed by atoms with Crippen LogP contribution in [0.25, 0.3) is 16.8 Å². The number of rotatable bonds is 4. The number of benzene rings is 2. The summed E-state index contributed by atoms with van der Waals surface area (Å²) in [6.45, 7) is 5.39. The molecule has 0 spiro atoms. The molecular weight excluding hydrogens is 437 g/mol. The quantitative estimate of drug-likeness (QED) is 0.463. The lowest BCUT2D eigenvalue weighted by Crippen LogP contribution is -2.27. The van der Waals surface area contributed by atoms with E-state index in [1.54, 1.807) is 18.2 Å². The van der Waals surface area contributed by atoms with Crippen molar-refractivity contribution in [1.29, 1.82) is 0 Å². The number of alkyl halides is 3. The number of carbonyl (C=O) groups is 1. The van der Waals surface area contributed by atoms with Crippen LogP contribution in [-0.2, 0) is 6.18 Å². The van der Waals surface area contributed by atoms with Crippen LogP contribution in [0.5, 0.6) is 0 Å². The molecule has 0 saturated heterocycles. The molecule has 0 saturated carbocycles. The Morgan fingerprint density at radius 2 is 1.88 bits per heavy atom. The van der Waals surface area contributed by atoms with Crippen LogP contribution >= 0.6 is 0 Å². The summed E-state index contributed by atoms with van der Waals surface area (Å²) in [5.41, 5.74) is -0.176. The van der Waals surface area contributed by atoms with Crippen LogP contribution in [0.2, 0.25) is 0 Å². The molecule has 0 atom stereocenters. The predicted octanol–water partition coefficient (Wildman–Crippen LogP) is 5.08. The van der Waals surface area contributed by atoms with E-state index in [-0.39, 0.29) is 17.3 Å². The van der Waals surface area contributed by atoms with Crippen molar-refractivity contribution in [2.75, 3.05) is 5.32 Å². The van der Waals surface area contributed by atoms with Crippen LogP contribution < -0.4 is 10.7 Å². The Balaban J connectivity index is 1.68. The highest BCUT2D eigenvalue weighted by Gasteiger charge is 2.30. The zero-order valence-electron chi connectivity index (χ0n) is 17.9. The van der Waals surface area contributed by atoms with Crippen molar-refractivity contribution < 1.29 is 22.4 Å². The summed E-state index contributed by atoms with van der Waals surface area (Å²) in [6, 6.07) is 10.5. The van der Waals surface area contributed by atoms with Gasteiger partial charge in [0.25, 0.3) is 5.91 Å². The molecule has 0 aliphatic rings. The van der Waals surface area contributed by atoms with Gasteiger partial charge in [0.1, 0.15) is 5.52 Å². The smallest absolute Gasteiger partial charge is 0.416 e. The van der Waals surface area contributed by atoms with Crippen LogP contribution in [0, 0.1) is 6.92 Å². The van der Waals surface area contributed by atoms with Crippen LogP contribution in [-0.4, -0.2) is 20.7 Å². The highest BCUT2D eigenvalue weighted by Crippen LogP contribution is 2.30. The highest BCUT2D eigenvalue weighted by molar-refractivity contribution is 6.03. The Morgan fingerprint density at radius 1 is 1.12 bits per heavy atom. The number of aromatic nitrogens is 3. The summed E-state index contributed by atoms with van der Waals surface area (Å²) in [5, 5.41) is 6.63. The van der Waals surface area contributed by atoms with Gasteiger partial charge in [0, 0.05) is 23.4 Å². The molecule has 1 amide bonds. The topological polar surface area (TPSA) is 90.0 Å². The molecule has 4 aromatic rings. The monoisotopic (exact) mass is 456 g/mol. The fourth-order valence-electron chi connectivity index (χ4n) is 3.24. The molecule has 0 bridgehead atoms. The molecule has 0 aliphatic heterocycles. The molecular formula is C23H19F3N4O3. The molecule has 2 heterocycles. The van der Waals surface area contributed by atoms with Crippen molar-refractivity contribution in [3.8, 4) is 5.69 Å². The van der Waals surface area contributed by atoms with Gasteiger partial charge < -0.3 is 9.73 Å². The third-order valence-corrected chi connectivity index (χ3v) is 4.90. The number of carbonyl (C=O) groups excluding carboxylic acids is 1. The number of aryl methyl sites for hydroxylation is 1. The minimum absolute atomic E-state index is 0.0709. The molecule has 170 valence electrons. The van der Waals surface area contributed by atoms with E-state index in [1.165, 1.54) is 19.1 Å². The van der Waals surface area contributed by atoms with Gasteiger partial charge >= 0.3 is 6.18 Å². The molecule has 10 heteroatoms. The lowest BCUT2D eigenvalue weighted by atomic mass is 10.2. The van der Waals surface area contributed by atoms with E-state index in [1.807, 2.05) is 13.8 Å². The predicted molar refractivity (Wildman–Crippen MR) is 116 cm³/mol. The number of oxazole rings is 1. The van der Waals surface area contributed by atoms with Crippen molar-refractivity contribution in [1.82, 2.24) is 14.8 Å². The first kappa shape index (κ1) is 22.3. The first-order valence-electron chi connectivity index (χ1n) is 10.0. The largest absolute Gasteiger partial charge is 0.440 e. The van der Waals surface area contributed by atoms with Crippen LogP contribution in [0.3, 0.4) is 0 Å². The van der Waals surface area contributed by atoms with Crippen molar-refractivity contribution in [2.24, 2.45) is 0 Å². The van der Waals surface area contributed by atoms with E-state index in [9.17, 15) is 22.8 Å². The molecule has 4 rings (SSSR count). The van der Waals surface area contributed by atoms with E-state index in [2.05, 4.69) is 15.4 Å². The van der Waals surface area contributed by atoms with E-state index in [0.717, 1.165) is 22.9 Å². The molecule has 0 radical (unpaired) electrons.